The number of nitrogens with one attached hydrogen (secondary N) is 1. The van der Waals surface area contributed by atoms with E-state index in [2.05, 4.69) is 73.2 Å². The second kappa shape index (κ2) is 10.3. The van der Waals surface area contributed by atoms with Gasteiger partial charge < -0.3 is 20.6 Å². The van der Waals surface area contributed by atoms with Crippen molar-refractivity contribution < 1.29 is 9.84 Å². The number of aromatic amines is 1. The van der Waals surface area contributed by atoms with Crippen molar-refractivity contribution in [3.8, 4) is 17.0 Å². The number of aliphatic hydroxyl groups excluding tert-OH is 1. The van der Waals surface area contributed by atoms with Crippen LogP contribution in [0.1, 0.15) is 44.6 Å². The zero-order valence-corrected chi connectivity index (χ0v) is 21.5. The summed E-state index contributed by atoms with van der Waals surface area (Å²) in [6.45, 7) is 8.77. The van der Waals surface area contributed by atoms with E-state index in [0.29, 0.717) is 12.4 Å². The molecule has 1 atom stereocenters. The van der Waals surface area contributed by atoms with Crippen molar-refractivity contribution in [2.24, 2.45) is 5.73 Å². The summed E-state index contributed by atoms with van der Waals surface area (Å²) in [4.78, 5) is 10.0. The first-order valence-electron chi connectivity index (χ1n) is 11.7. The Labute approximate surface area is 211 Å². The van der Waals surface area contributed by atoms with Crippen molar-refractivity contribution in [3.63, 3.8) is 0 Å². The number of rotatable bonds is 8. The molecule has 0 aliphatic carbocycles. The molecule has 0 saturated heterocycles. The number of nitrogens with two attached hydrogens (primary N) is 1. The zero-order valence-electron chi connectivity index (χ0n) is 20.7. The summed E-state index contributed by atoms with van der Waals surface area (Å²) in [6, 6.07) is 24.9. The Kier molecular flexibility index (Phi) is 7.36. The van der Waals surface area contributed by atoms with Gasteiger partial charge in [-0.15, -0.1) is 0 Å². The van der Waals surface area contributed by atoms with E-state index in [-0.39, 0.29) is 12.0 Å². The predicted octanol–water partition coefficient (Wildman–Crippen LogP) is 6.27. The molecule has 35 heavy (non-hydrogen) atoms. The lowest BCUT2D eigenvalue weighted by Gasteiger charge is -2.24. The molecule has 0 radical (unpaired) electrons. The van der Waals surface area contributed by atoms with E-state index < -0.39 is 5.54 Å². The summed E-state index contributed by atoms with van der Waals surface area (Å²) < 4.78 is 6.03. The average molecular weight is 488 g/mol. The molecule has 0 saturated carbocycles. The standard InChI is InChI=1S/C29H33N3O2S/c1-28(2,3)24-15-21(25-17-31-27(32-25)29(4,30)19-33)13-14-26(24)35-23-12-8-11-22(16-23)34-18-20-9-6-5-7-10-20/h5-17,33H,18-19,30H2,1-4H3,(H,31,32)/t29-/m0/s1. The fourth-order valence-corrected chi connectivity index (χ4v) is 4.89. The Morgan fingerprint density at radius 3 is 2.46 bits per heavy atom. The molecule has 4 rings (SSSR count). The summed E-state index contributed by atoms with van der Waals surface area (Å²) in [6.07, 6.45) is 1.78. The molecule has 6 heteroatoms. The van der Waals surface area contributed by atoms with Crippen molar-refractivity contribution in [2.45, 2.75) is 55.0 Å². The highest BCUT2D eigenvalue weighted by molar-refractivity contribution is 7.99. The fourth-order valence-electron chi connectivity index (χ4n) is 3.70. The molecule has 4 aromatic rings. The first kappa shape index (κ1) is 25.0. The van der Waals surface area contributed by atoms with Crippen molar-refractivity contribution in [2.75, 3.05) is 6.61 Å². The van der Waals surface area contributed by atoms with Gasteiger partial charge in [0.2, 0.25) is 0 Å². The topological polar surface area (TPSA) is 84.2 Å². The largest absolute Gasteiger partial charge is 0.489 e. The maximum atomic E-state index is 9.57. The molecule has 182 valence electrons. The predicted molar refractivity (Wildman–Crippen MR) is 143 cm³/mol. The summed E-state index contributed by atoms with van der Waals surface area (Å²) in [5.41, 5.74) is 9.48. The molecule has 0 spiro atoms. The van der Waals surface area contributed by atoms with Crippen LogP contribution in [0.25, 0.3) is 11.3 Å². The van der Waals surface area contributed by atoms with Crippen LogP contribution in [-0.4, -0.2) is 21.7 Å². The molecule has 0 aliphatic heterocycles. The van der Waals surface area contributed by atoms with Crippen molar-refractivity contribution in [1.29, 1.82) is 0 Å². The minimum absolute atomic E-state index is 0.0594. The normalized spacial score (nSPS) is 13.4. The van der Waals surface area contributed by atoms with Crippen LogP contribution in [0.3, 0.4) is 0 Å². The Balaban J connectivity index is 1.57. The molecule has 1 aromatic heterocycles. The van der Waals surface area contributed by atoms with Crippen LogP contribution in [0.5, 0.6) is 5.75 Å². The monoisotopic (exact) mass is 487 g/mol. The number of H-pyrrole nitrogens is 1. The number of benzene rings is 3. The van der Waals surface area contributed by atoms with Gasteiger partial charge in [-0.2, -0.15) is 0 Å². The van der Waals surface area contributed by atoms with Gasteiger partial charge in [-0.1, -0.05) is 75.0 Å². The minimum atomic E-state index is -0.908. The van der Waals surface area contributed by atoms with E-state index in [1.54, 1.807) is 24.9 Å². The van der Waals surface area contributed by atoms with E-state index in [9.17, 15) is 5.11 Å². The van der Waals surface area contributed by atoms with Gasteiger partial charge in [-0.05, 0) is 59.4 Å². The van der Waals surface area contributed by atoms with Crippen molar-refractivity contribution in [3.05, 3.63) is 95.9 Å². The molecule has 0 fully saturated rings. The van der Waals surface area contributed by atoms with Crippen LogP contribution < -0.4 is 10.5 Å². The Hall–Kier alpha value is -3.06. The highest BCUT2D eigenvalue weighted by Gasteiger charge is 2.25. The molecule has 0 bridgehead atoms. The van der Waals surface area contributed by atoms with Gasteiger partial charge in [0, 0.05) is 9.79 Å². The number of hydrogen-bond acceptors (Lipinski definition) is 5. The third-order valence-corrected chi connectivity index (χ3v) is 6.89. The van der Waals surface area contributed by atoms with Gasteiger partial charge in [-0.25, -0.2) is 4.98 Å². The third kappa shape index (κ3) is 6.14. The quantitative estimate of drug-likeness (QED) is 0.273. The van der Waals surface area contributed by atoms with E-state index in [1.807, 2.05) is 30.3 Å². The summed E-state index contributed by atoms with van der Waals surface area (Å²) in [5, 5.41) is 9.57. The lowest BCUT2D eigenvalue weighted by molar-refractivity contribution is 0.204. The zero-order chi connectivity index (χ0) is 25.1. The second-order valence-electron chi connectivity index (χ2n) is 10.0. The van der Waals surface area contributed by atoms with Gasteiger partial charge in [0.1, 0.15) is 18.2 Å². The molecule has 1 heterocycles. The minimum Gasteiger partial charge on any atom is -0.489 e. The van der Waals surface area contributed by atoms with Gasteiger partial charge >= 0.3 is 0 Å². The lowest BCUT2D eigenvalue weighted by atomic mass is 9.86. The Bertz CT molecular complexity index is 1280. The molecule has 0 amide bonds. The van der Waals surface area contributed by atoms with E-state index in [4.69, 9.17) is 10.5 Å². The summed E-state index contributed by atoms with van der Waals surface area (Å²) in [7, 11) is 0. The highest BCUT2D eigenvalue weighted by Crippen LogP contribution is 2.39. The van der Waals surface area contributed by atoms with Gasteiger partial charge in [0.25, 0.3) is 0 Å². The first-order valence-corrected chi connectivity index (χ1v) is 12.5. The van der Waals surface area contributed by atoms with Crippen LogP contribution in [0, 0.1) is 0 Å². The molecule has 0 unspecified atom stereocenters. The Morgan fingerprint density at radius 2 is 1.74 bits per heavy atom. The molecule has 4 N–H and O–H groups in total. The maximum Gasteiger partial charge on any atom is 0.128 e. The van der Waals surface area contributed by atoms with Crippen LogP contribution >= 0.6 is 11.8 Å². The van der Waals surface area contributed by atoms with Crippen LogP contribution in [-0.2, 0) is 17.6 Å². The summed E-state index contributed by atoms with van der Waals surface area (Å²) >= 11 is 1.74. The third-order valence-electron chi connectivity index (χ3n) is 5.83. The molecule has 0 aliphatic rings. The van der Waals surface area contributed by atoms with Gasteiger partial charge in [0.05, 0.1) is 24.0 Å². The SMILES string of the molecule is CC(C)(C)c1cc(-c2cnc([C@@](C)(N)CO)[nH]2)ccc1Sc1cccc(OCc2ccccc2)c1. The highest BCUT2D eigenvalue weighted by atomic mass is 32.2. The smallest absolute Gasteiger partial charge is 0.128 e. The van der Waals surface area contributed by atoms with Gasteiger partial charge in [-0.3, -0.25) is 0 Å². The van der Waals surface area contributed by atoms with Crippen LogP contribution in [0.4, 0.5) is 0 Å². The Morgan fingerprint density at radius 1 is 0.971 bits per heavy atom. The number of nitrogens with zero attached hydrogens (tertiary/aromatic N) is 1. The van der Waals surface area contributed by atoms with E-state index in [1.165, 1.54) is 10.5 Å². The maximum absolute atomic E-state index is 9.57. The van der Waals surface area contributed by atoms with Crippen LogP contribution in [0.2, 0.25) is 0 Å². The molecule has 5 nitrogen and oxygen atoms in total. The number of aliphatic hydroxyl groups is 1. The van der Waals surface area contributed by atoms with E-state index >= 15 is 0 Å². The number of imidazole rings is 1. The number of aromatic nitrogens is 2. The average Bonchev–Trinajstić information content (AvgIpc) is 3.35. The first-order chi connectivity index (χ1) is 16.7. The molecular formula is C29H33N3O2S. The van der Waals surface area contributed by atoms with E-state index in [0.717, 1.165) is 27.5 Å². The number of ether oxygens (including phenoxy) is 1. The number of hydrogen-bond donors (Lipinski definition) is 3. The van der Waals surface area contributed by atoms with Crippen molar-refractivity contribution >= 4 is 11.8 Å². The van der Waals surface area contributed by atoms with Crippen molar-refractivity contribution in [1.82, 2.24) is 9.97 Å². The lowest BCUT2D eigenvalue weighted by Crippen LogP contribution is -2.38. The van der Waals surface area contributed by atoms with Crippen LogP contribution in [0.15, 0.2) is 88.8 Å². The molecule has 3 aromatic carbocycles. The second-order valence-corrected chi connectivity index (χ2v) is 11.1. The van der Waals surface area contributed by atoms with Gasteiger partial charge in [0.15, 0.2) is 0 Å². The molecular weight excluding hydrogens is 454 g/mol. The summed E-state index contributed by atoms with van der Waals surface area (Å²) in [5.74, 6) is 1.42. The fraction of sp³-hybridized carbons (Fsp3) is 0.276.